The summed E-state index contributed by atoms with van der Waals surface area (Å²) in [7, 11) is 0. The van der Waals surface area contributed by atoms with Crippen molar-refractivity contribution in [3.63, 3.8) is 0 Å². The van der Waals surface area contributed by atoms with Crippen LogP contribution in [0.25, 0.3) is 0 Å². The minimum absolute atomic E-state index is 0.0396. The Kier molecular flexibility index (Phi) is 5.12. The lowest BCUT2D eigenvalue weighted by Gasteiger charge is -2.31. The number of carboxylic acid groups (broad SMARTS) is 1. The van der Waals surface area contributed by atoms with Crippen LogP contribution in [-0.2, 0) is 4.79 Å². The van der Waals surface area contributed by atoms with Crippen LogP contribution in [0.2, 0.25) is 0 Å². The molecule has 1 aliphatic rings. The minimum Gasteiger partial charge on any atom is -0.481 e. The molecule has 0 aromatic rings. The van der Waals surface area contributed by atoms with E-state index in [-0.39, 0.29) is 19.3 Å². The molecule has 1 fully saturated rings. The predicted octanol–water partition coefficient (Wildman–Crippen LogP) is 2.36. The lowest BCUT2D eigenvalue weighted by atomic mass is 10.1. The molecule has 0 aromatic carbocycles. The maximum Gasteiger partial charge on any atom is 0.303 e. The molecule has 94 valence electrons. The highest BCUT2D eigenvalue weighted by Crippen LogP contribution is 2.27. The van der Waals surface area contributed by atoms with Crippen molar-refractivity contribution in [2.45, 2.75) is 44.4 Å². The Balaban J connectivity index is 2.00. The van der Waals surface area contributed by atoms with Crippen LogP contribution < -0.4 is 0 Å². The monoisotopic (exact) mass is 235 g/mol. The maximum atomic E-state index is 12.8. The molecule has 0 unspecified atom stereocenters. The Labute approximate surface area is 94.4 Å². The molecule has 0 radical (unpaired) electrons. The highest BCUT2D eigenvalue weighted by atomic mass is 19.3. The molecule has 1 aliphatic heterocycles. The van der Waals surface area contributed by atoms with Gasteiger partial charge in [-0.05, 0) is 19.4 Å². The number of carboxylic acids is 1. The molecular weight excluding hydrogens is 216 g/mol. The third kappa shape index (κ3) is 5.39. The van der Waals surface area contributed by atoms with E-state index in [1.54, 1.807) is 0 Å². The summed E-state index contributed by atoms with van der Waals surface area (Å²) in [6.07, 6.45) is 2.57. The summed E-state index contributed by atoms with van der Waals surface area (Å²) in [5, 5.41) is 8.43. The Morgan fingerprint density at radius 3 is 2.38 bits per heavy atom. The molecule has 1 heterocycles. The lowest BCUT2D eigenvalue weighted by molar-refractivity contribution is -0.137. The number of rotatable bonds is 6. The molecule has 3 nitrogen and oxygen atoms in total. The van der Waals surface area contributed by atoms with Crippen molar-refractivity contribution in [2.24, 2.45) is 0 Å². The third-order valence-electron chi connectivity index (χ3n) is 2.95. The van der Waals surface area contributed by atoms with Crippen LogP contribution >= 0.6 is 0 Å². The van der Waals surface area contributed by atoms with Gasteiger partial charge in [-0.3, -0.25) is 4.79 Å². The van der Waals surface area contributed by atoms with Crippen molar-refractivity contribution in [2.75, 3.05) is 19.6 Å². The number of hydrogen-bond acceptors (Lipinski definition) is 2. The normalized spacial score (nSPS) is 20.9. The predicted molar refractivity (Wildman–Crippen MR) is 56.7 cm³/mol. The Morgan fingerprint density at radius 1 is 1.19 bits per heavy atom. The number of unbranched alkanes of at least 4 members (excludes halogenated alkanes) is 2. The van der Waals surface area contributed by atoms with Gasteiger partial charge in [0.25, 0.3) is 5.92 Å². The second-order valence-electron chi connectivity index (χ2n) is 4.40. The average Bonchev–Trinajstić information content (AvgIpc) is 2.19. The van der Waals surface area contributed by atoms with Crippen molar-refractivity contribution >= 4 is 5.97 Å². The molecule has 0 aromatic heterocycles. The van der Waals surface area contributed by atoms with Crippen molar-refractivity contribution in [3.05, 3.63) is 0 Å². The molecule has 0 bridgehead atoms. The zero-order valence-corrected chi connectivity index (χ0v) is 9.42. The van der Waals surface area contributed by atoms with Gasteiger partial charge in [-0.2, -0.15) is 0 Å². The summed E-state index contributed by atoms with van der Waals surface area (Å²) in [6, 6.07) is 0. The summed E-state index contributed by atoms with van der Waals surface area (Å²) in [5.74, 6) is -3.24. The second-order valence-corrected chi connectivity index (χ2v) is 4.40. The van der Waals surface area contributed by atoms with Gasteiger partial charge in [0.2, 0.25) is 0 Å². The molecule has 5 heteroatoms. The van der Waals surface area contributed by atoms with Gasteiger partial charge in [-0.25, -0.2) is 8.78 Å². The summed E-state index contributed by atoms with van der Waals surface area (Å²) in [5.41, 5.74) is 0. The maximum absolute atomic E-state index is 12.8. The minimum atomic E-state index is -2.47. The summed E-state index contributed by atoms with van der Waals surface area (Å²) < 4.78 is 25.6. The fourth-order valence-corrected chi connectivity index (χ4v) is 1.89. The van der Waals surface area contributed by atoms with Crippen LogP contribution in [0.5, 0.6) is 0 Å². The fourth-order valence-electron chi connectivity index (χ4n) is 1.89. The smallest absolute Gasteiger partial charge is 0.303 e. The number of piperidine rings is 1. The van der Waals surface area contributed by atoms with Crippen LogP contribution in [0.4, 0.5) is 8.78 Å². The second kappa shape index (κ2) is 6.13. The first kappa shape index (κ1) is 13.4. The van der Waals surface area contributed by atoms with E-state index in [0.717, 1.165) is 19.4 Å². The number of nitrogens with zero attached hydrogens (tertiary/aromatic N) is 1. The van der Waals surface area contributed by atoms with Gasteiger partial charge >= 0.3 is 5.97 Å². The van der Waals surface area contributed by atoms with Crippen molar-refractivity contribution in [3.8, 4) is 0 Å². The van der Waals surface area contributed by atoms with E-state index < -0.39 is 11.9 Å². The number of alkyl halides is 2. The van der Waals surface area contributed by atoms with Crippen LogP contribution in [0.15, 0.2) is 0 Å². The van der Waals surface area contributed by atoms with Gasteiger partial charge in [0.1, 0.15) is 0 Å². The van der Waals surface area contributed by atoms with Gasteiger partial charge < -0.3 is 10.0 Å². The third-order valence-corrected chi connectivity index (χ3v) is 2.95. The molecule has 1 saturated heterocycles. The molecule has 1 rings (SSSR count). The molecule has 0 spiro atoms. The Bertz CT molecular complexity index is 224. The summed E-state index contributed by atoms with van der Waals surface area (Å²) in [6.45, 7) is 1.74. The van der Waals surface area contributed by atoms with Gasteiger partial charge in [0, 0.05) is 32.4 Å². The molecule has 0 atom stereocenters. The van der Waals surface area contributed by atoms with Gasteiger partial charge in [-0.15, -0.1) is 0 Å². The topological polar surface area (TPSA) is 40.5 Å². The van der Waals surface area contributed by atoms with E-state index in [4.69, 9.17) is 5.11 Å². The number of halogens is 2. The van der Waals surface area contributed by atoms with E-state index in [2.05, 4.69) is 0 Å². The Hall–Kier alpha value is -0.710. The largest absolute Gasteiger partial charge is 0.481 e. The van der Waals surface area contributed by atoms with Crippen LogP contribution in [0.3, 0.4) is 0 Å². The number of carbonyl (C=O) groups is 1. The fraction of sp³-hybridized carbons (Fsp3) is 0.909. The van der Waals surface area contributed by atoms with Gasteiger partial charge in [0.15, 0.2) is 0 Å². The van der Waals surface area contributed by atoms with E-state index in [1.165, 1.54) is 0 Å². The summed E-state index contributed by atoms with van der Waals surface area (Å²) >= 11 is 0. The van der Waals surface area contributed by atoms with Gasteiger partial charge in [-0.1, -0.05) is 6.42 Å². The number of likely N-dealkylation sites (tertiary alicyclic amines) is 1. The van der Waals surface area contributed by atoms with E-state index >= 15 is 0 Å². The highest BCUT2D eigenvalue weighted by molar-refractivity contribution is 5.66. The molecule has 16 heavy (non-hydrogen) atoms. The van der Waals surface area contributed by atoms with Crippen molar-refractivity contribution in [1.29, 1.82) is 0 Å². The molecular formula is C11H19F2NO2. The van der Waals surface area contributed by atoms with Crippen LogP contribution in [0.1, 0.15) is 38.5 Å². The lowest BCUT2D eigenvalue weighted by Crippen LogP contribution is -2.39. The molecule has 0 saturated carbocycles. The first-order chi connectivity index (χ1) is 7.49. The quantitative estimate of drug-likeness (QED) is 0.718. The number of aliphatic carboxylic acids is 1. The zero-order chi connectivity index (χ0) is 12.0. The summed E-state index contributed by atoms with van der Waals surface area (Å²) in [4.78, 5) is 12.3. The SMILES string of the molecule is O=C(O)CCCCCN1CCC(F)(F)CC1. The first-order valence-corrected chi connectivity index (χ1v) is 5.82. The molecule has 0 aliphatic carbocycles. The van der Waals surface area contributed by atoms with Crippen molar-refractivity contribution in [1.82, 2.24) is 4.90 Å². The average molecular weight is 235 g/mol. The molecule has 0 amide bonds. The highest BCUT2D eigenvalue weighted by Gasteiger charge is 2.33. The van der Waals surface area contributed by atoms with Crippen molar-refractivity contribution < 1.29 is 18.7 Å². The van der Waals surface area contributed by atoms with Crippen LogP contribution in [-0.4, -0.2) is 41.5 Å². The van der Waals surface area contributed by atoms with E-state index in [1.807, 2.05) is 4.90 Å². The Morgan fingerprint density at radius 2 is 1.81 bits per heavy atom. The molecule has 1 N–H and O–H groups in total. The number of hydrogen-bond donors (Lipinski definition) is 1. The van der Waals surface area contributed by atoms with Crippen LogP contribution in [0, 0.1) is 0 Å². The van der Waals surface area contributed by atoms with E-state index in [0.29, 0.717) is 19.5 Å². The standard InChI is InChI=1S/C11H19F2NO2/c12-11(13)5-8-14(9-6-11)7-3-1-2-4-10(15)16/h1-9H2,(H,15,16). The zero-order valence-electron chi connectivity index (χ0n) is 9.42. The van der Waals surface area contributed by atoms with Gasteiger partial charge in [0.05, 0.1) is 0 Å². The first-order valence-electron chi connectivity index (χ1n) is 5.82. The van der Waals surface area contributed by atoms with E-state index in [9.17, 15) is 13.6 Å².